The Balaban J connectivity index is 1.66. The quantitative estimate of drug-likeness (QED) is 0.742. The number of amides is 1. The van der Waals surface area contributed by atoms with Crippen molar-refractivity contribution in [2.75, 3.05) is 26.8 Å². The number of nitrogens with zero attached hydrogens (tertiary/aromatic N) is 5. The van der Waals surface area contributed by atoms with Crippen LogP contribution in [0.5, 0.6) is 5.75 Å². The molecule has 2 fully saturated rings. The van der Waals surface area contributed by atoms with Crippen molar-refractivity contribution < 1.29 is 14.3 Å². The molecule has 9 nitrogen and oxygen atoms in total. The van der Waals surface area contributed by atoms with E-state index < -0.39 is 0 Å². The number of hydrogen-bond donors (Lipinski definition) is 1. The maximum atomic E-state index is 11.6. The van der Waals surface area contributed by atoms with E-state index in [2.05, 4.69) is 26.5 Å². The molecule has 156 valence electrons. The van der Waals surface area contributed by atoms with Crippen molar-refractivity contribution >= 4 is 5.91 Å². The molecule has 0 bridgehead atoms. The summed E-state index contributed by atoms with van der Waals surface area (Å²) in [6.07, 6.45) is 3.68. The van der Waals surface area contributed by atoms with Crippen LogP contribution < -0.4 is 10.5 Å². The van der Waals surface area contributed by atoms with E-state index in [-0.39, 0.29) is 24.0 Å². The lowest BCUT2D eigenvalue weighted by Gasteiger charge is -2.36. The molecule has 2 aromatic rings. The molecule has 0 unspecified atom stereocenters. The number of carbonyl (C=O) groups excluding carboxylic acids is 1. The summed E-state index contributed by atoms with van der Waals surface area (Å²) < 4.78 is 13.3. The number of piperidine rings is 1. The number of rotatable bonds is 7. The zero-order valence-electron chi connectivity index (χ0n) is 16.7. The lowest BCUT2D eigenvalue weighted by molar-refractivity contribution is -0.123. The van der Waals surface area contributed by atoms with E-state index in [1.54, 1.807) is 7.11 Å². The topological polar surface area (TPSA) is 108 Å². The van der Waals surface area contributed by atoms with Crippen molar-refractivity contribution in [3.05, 3.63) is 35.7 Å². The van der Waals surface area contributed by atoms with Crippen LogP contribution in [0.25, 0.3) is 0 Å². The highest BCUT2D eigenvalue weighted by molar-refractivity contribution is 5.76. The van der Waals surface area contributed by atoms with Gasteiger partial charge in [0.15, 0.2) is 5.82 Å². The average molecular weight is 400 g/mol. The van der Waals surface area contributed by atoms with E-state index >= 15 is 0 Å². The van der Waals surface area contributed by atoms with Gasteiger partial charge in [0, 0.05) is 18.1 Å². The molecule has 1 aromatic heterocycles. The van der Waals surface area contributed by atoms with Gasteiger partial charge < -0.3 is 15.2 Å². The van der Waals surface area contributed by atoms with Gasteiger partial charge in [-0.25, -0.2) is 4.68 Å². The Labute approximate surface area is 170 Å². The molecule has 29 heavy (non-hydrogen) atoms. The third-order valence-corrected chi connectivity index (χ3v) is 5.94. The lowest BCUT2D eigenvalue weighted by atomic mass is 9.93. The average Bonchev–Trinajstić information content (AvgIpc) is 3.42. The fourth-order valence-electron chi connectivity index (χ4n) is 4.35. The molecule has 0 radical (unpaired) electrons. The molecular weight excluding hydrogens is 372 g/mol. The van der Waals surface area contributed by atoms with Crippen LogP contribution in [0.15, 0.2) is 24.3 Å². The Morgan fingerprint density at radius 3 is 2.79 bits per heavy atom. The monoisotopic (exact) mass is 400 g/mol. The fraction of sp³-hybridized carbons (Fsp3) is 0.600. The number of hydrogen-bond acceptors (Lipinski definition) is 7. The number of nitrogens with two attached hydrogens (primary N) is 1. The highest BCUT2D eigenvalue weighted by Crippen LogP contribution is 2.36. The normalized spacial score (nSPS) is 21.9. The van der Waals surface area contributed by atoms with Crippen LogP contribution in [0.4, 0.5) is 0 Å². The molecule has 2 aliphatic heterocycles. The van der Waals surface area contributed by atoms with Crippen molar-refractivity contribution in [1.29, 1.82) is 0 Å². The minimum Gasteiger partial charge on any atom is -0.496 e. The van der Waals surface area contributed by atoms with E-state index in [9.17, 15) is 4.79 Å². The van der Waals surface area contributed by atoms with Crippen LogP contribution in [0, 0.1) is 5.92 Å². The number of methoxy groups -OCH3 is 1. The molecule has 2 N–H and O–H groups in total. The van der Waals surface area contributed by atoms with Crippen LogP contribution in [0.3, 0.4) is 0 Å². The zero-order valence-corrected chi connectivity index (χ0v) is 16.7. The van der Waals surface area contributed by atoms with Crippen molar-refractivity contribution in [3.63, 3.8) is 0 Å². The summed E-state index contributed by atoms with van der Waals surface area (Å²) in [5, 5.41) is 12.6. The summed E-state index contributed by atoms with van der Waals surface area (Å²) in [5.74, 6) is 1.26. The van der Waals surface area contributed by atoms with Gasteiger partial charge in [-0.15, -0.1) is 5.10 Å². The molecule has 0 saturated carbocycles. The molecular formula is C20H28N6O3. The molecule has 9 heteroatoms. The van der Waals surface area contributed by atoms with Crippen LogP contribution >= 0.6 is 0 Å². The number of benzene rings is 1. The summed E-state index contributed by atoms with van der Waals surface area (Å²) >= 11 is 0. The van der Waals surface area contributed by atoms with E-state index in [1.807, 2.05) is 22.9 Å². The predicted molar refractivity (Wildman–Crippen MR) is 105 cm³/mol. The standard InChI is InChI=1S/C20H28N6O3/c1-28-17-7-3-2-6-16(17)18(25-10-8-14(9-11-25)19(21)27)20-22-23-24-26(20)13-15-5-4-12-29-15/h2-3,6-7,14-15,18H,4-5,8-13H2,1H3,(H2,21,27)/t15-,18+/m1/s1. The second-order valence-corrected chi connectivity index (χ2v) is 7.71. The van der Waals surface area contributed by atoms with E-state index in [4.69, 9.17) is 15.2 Å². The third-order valence-electron chi connectivity index (χ3n) is 5.94. The van der Waals surface area contributed by atoms with Gasteiger partial charge in [0.25, 0.3) is 0 Å². The van der Waals surface area contributed by atoms with Crippen molar-refractivity contribution in [2.45, 2.75) is 44.4 Å². The van der Waals surface area contributed by atoms with Gasteiger partial charge in [0.1, 0.15) is 11.8 Å². The van der Waals surface area contributed by atoms with Gasteiger partial charge in [0.2, 0.25) is 5.91 Å². The highest BCUT2D eigenvalue weighted by atomic mass is 16.5. The molecule has 4 rings (SSSR count). The smallest absolute Gasteiger partial charge is 0.220 e. The summed E-state index contributed by atoms with van der Waals surface area (Å²) in [6.45, 7) is 2.90. The minimum atomic E-state index is -0.221. The Morgan fingerprint density at radius 2 is 2.10 bits per heavy atom. The third kappa shape index (κ3) is 4.25. The van der Waals surface area contributed by atoms with Crippen molar-refractivity contribution in [1.82, 2.24) is 25.1 Å². The largest absolute Gasteiger partial charge is 0.496 e. The first kappa shape index (κ1) is 19.8. The molecule has 1 amide bonds. The number of carbonyl (C=O) groups is 1. The van der Waals surface area contributed by atoms with Crippen LogP contribution in [0.2, 0.25) is 0 Å². The van der Waals surface area contributed by atoms with Gasteiger partial charge in [0.05, 0.1) is 19.8 Å². The second kappa shape index (κ2) is 8.87. The SMILES string of the molecule is COc1ccccc1[C@@H](c1nnnn1C[C@H]1CCCO1)N1CCC(C(N)=O)CC1. The molecule has 3 heterocycles. The first-order chi connectivity index (χ1) is 14.2. The summed E-state index contributed by atoms with van der Waals surface area (Å²) in [7, 11) is 1.67. The van der Waals surface area contributed by atoms with Crippen LogP contribution in [-0.2, 0) is 16.1 Å². The number of para-hydroxylation sites is 1. The van der Waals surface area contributed by atoms with E-state index in [0.29, 0.717) is 6.54 Å². The molecule has 2 saturated heterocycles. The minimum absolute atomic E-state index is 0.0764. The maximum Gasteiger partial charge on any atom is 0.220 e. The Morgan fingerprint density at radius 1 is 1.31 bits per heavy atom. The zero-order chi connectivity index (χ0) is 20.2. The van der Waals surface area contributed by atoms with E-state index in [0.717, 1.165) is 62.5 Å². The first-order valence-corrected chi connectivity index (χ1v) is 10.2. The van der Waals surface area contributed by atoms with Crippen LogP contribution in [0.1, 0.15) is 43.1 Å². The molecule has 0 spiro atoms. The Bertz CT molecular complexity index is 827. The molecule has 2 atom stereocenters. The lowest BCUT2D eigenvalue weighted by Crippen LogP contribution is -2.41. The summed E-state index contributed by atoms with van der Waals surface area (Å²) in [6, 6.07) is 7.78. The molecule has 1 aromatic carbocycles. The van der Waals surface area contributed by atoms with Crippen molar-refractivity contribution in [2.24, 2.45) is 11.7 Å². The summed E-state index contributed by atoms with van der Waals surface area (Å²) in [4.78, 5) is 13.9. The predicted octanol–water partition coefficient (Wildman–Crippen LogP) is 1.15. The van der Waals surface area contributed by atoms with Crippen LogP contribution in [-0.4, -0.2) is 63.9 Å². The highest BCUT2D eigenvalue weighted by Gasteiger charge is 2.34. The molecule has 0 aliphatic carbocycles. The number of tetrazole rings is 1. The Hall–Kier alpha value is -2.52. The number of primary amides is 1. The number of likely N-dealkylation sites (tertiary alicyclic amines) is 1. The Kier molecular flexibility index (Phi) is 6.05. The van der Waals surface area contributed by atoms with Gasteiger partial charge in [-0.1, -0.05) is 18.2 Å². The van der Waals surface area contributed by atoms with Gasteiger partial charge in [-0.3, -0.25) is 9.69 Å². The molecule has 2 aliphatic rings. The van der Waals surface area contributed by atoms with Gasteiger partial charge >= 0.3 is 0 Å². The van der Waals surface area contributed by atoms with Crippen molar-refractivity contribution in [3.8, 4) is 5.75 Å². The van der Waals surface area contributed by atoms with Gasteiger partial charge in [-0.05, 0) is 55.3 Å². The van der Waals surface area contributed by atoms with Gasteiger partial charge in [-0.2, -0.15) is 0 Å². The number of ether oxygens (including phenoxy) is 2. The maximum absolute atomic E-state index is 11.6. The number of aromatic nitrogens is 4. The fourth-order valence-corrected chi connectivity index (χ4v) is 4.35. The second-order valence-electron chi connectivity index (χ2n) is 7.71. The summed E-state index contributed by atoms with van der Waals surface area (Å²) in [5.41, 5.74) is 6.54. The van der Waals surface area contributed by atoms with E-state index in [1.165, 1.54) is 0 Å². The first-order valence-electron chi connectivity index (χ1n) is 10.2.